The van der Waals surface area contributed by atoms with Crippen LogP contribution in [0.3, 0.4) is 0 Å². The molecular formula is C21H25N5O3. The van der Waals surface area contributed by atoms with E-state index >= 15 is 0 Å². The number of hydrogen-bond acceptors (Lipinski definition) is 6. The first-order valence-electron chi connectivity index (χ1n) is 9.84. The lowest BCUT2D eigenvalue weighted by Crippen LogP contribution is -2.51. The zero-order valence-corrected chi connectivity index (χ0v) is 16.7. The van der Waals surface area contributed by atoms with E-state index in [0.717, 1.165) is 30.1 Å². The molecule has 0 unspecified atom stereocenters. The third kappa shape index (κ3) is 4.42. The van der Waals surface area contributed by atoms with E-state index in [9.17, 15) is 4.79 Å². The second-order valence-electron chi connectivity index (χ2n) is 7.37. The molecule has 3 heterocycles. The summed E-state index contributed by atoms with van der Waals surface area (Å²) >= 11 is 0. The third-order valence-corrected chi connectivity index (χ3v) is 4.99. The van der Waals surface area contributed by atoms with Crippen LogP contribution in [0, 0.1) is 0 Å². The van der Waals surface area contributed by atoms with Gasteiger partial charge in [0.15, 0.2) is 0 Å². The molecule has 2 amide bonds. The van der Waals surface area contributed by atoms with Gasteiger partial charge in [0, 0.05) is 43.3 Å². The van der Waals surface area contributed by atoms with Crippen molar-refractivity contribution in [2.45, 2.75) is 26.3 Å². The maximum Gasteiger partial charge on any atom is 0.317 e. The Hall–Kier alpha value is -3.29. The molecule has 1 aliphatic rings. The minimum Gasteiger partial charge on any atom is -0.467 e. The molecule has 0 spiro atoms. The molecule has 1 aromatic carbocycles. The van der Waals surface area contributed by atoms with Gasteiger partial charge in [0.2, 0.25) is 11.7 Å². The Morgan fingerprint density at radius 1 is 1.14 bits per heavy atom. The molecule has 0 radical (unpaired) electrons. The number of carbonyl (C=O) groups is 1. The van der Waals surface area contributed by atoms with Crippen LogP contribution in [0.4, 0.5) is 10.5 Å². The van der Waals surface area contributed by atoms with Gasteiger partial charge in [0.05, 0.1) is 12.8 Å². The smallest absolute Gasteiger partial charge is 0.317 e. The van der Waals surface area contributed by atoms with E-state index in [1.165, 1.54) is 0 Å². The molecule has 0 aliphatic carbocycles. The van der Waals surface area contributed by atoms with Gasteiger partial charge in [-0.15, -0.1) is 0 Å². The lowest BCUT2D eigenvalue weighted by Gasteiger charge is -2.36. The molecule has 152 valence electrons. The highest BCUT2D eigenvalue weighted by Crippen LogP contribution is 2.23. The summed E-state index contributed by atoms with van der Waals surface area (Å²) < 4.78 is 10.5. The van der Waals surface area contributed by atoms with E-state index < -0.39 is 0 Å². The van der Waals surface area contributed by atoms with Gasteiger partial charge < -0.3 is 24.1 Å². The fraction of sp³-hybridized carbons (Fsp3) is 0.381. The maximum atomic E-state index is 12.3. The molecule has 8 nitrogen and oxygen atoms in total. The molecule has 1 saturated heterocycles. The van der Waals surface area contributed by atoms with Crippen LogP contribution >= 0.6 is 0 Å². The maximum absolute atomic E-state index is 12.3. The standard InChI is InChI=1S/C21H25N5O3/c1-15(2)20-23-19(24-29-20)16-5-7-17(8-6-16)25-9-11-26(12-10-25)21(27)22-14-18-4-3-13-28-18/h3-8,13,15H,9-12,14H2,1-2H3,(H,22,27). The van der Waals surface area contributed by atoms with Crippen molar-refractivity contribution in [3.8, 4) is 11.4 Å². The summed E-state index contributed by atoms with van der Waals surface area (Å²) in [4.78, 5) is 20.9. The van der Waals surface area contributed by atoms with E-state index in [1.807, 2.05) is 43.0 Å². The first-order chi connectivity index (χ1) is 14.1. The molecule has 0 bridgehead atoms. The van der Waals surface area contributed by atoms with Gasteiger partial charge in [0.1, 0.15) is 5.76 Å². The second-order valence-corrected chi connectivity index (χ2v) is 7.37. The topological polar surface area (TPSA) is 87.6 Å². The van der Waals surface area contributed by atoms with Crippen molar-refractivity contribution in [3.63, 3.8) is 0 Å². The normalized spacial score (nSPS) is 14.4. The van der Waals surface area contributed by atoms with Crippen LogP contribution in [0.25, 0.3) is 11.4 Å². The van der Waals surface area contributed by atoms with E-state index in [4.69, 9.17) is 8.94 Å². The summed E-state index contributed by atoms with van der Waals surface area (Å²) in [7, 11) is 0. The number of nitrogens with zero attached hydrogens (tertiary/aromatic N) is 4. The van der Waals surface area contributed by atoms with E-state index in [2.05, 4.69) is 32.5 Å². The van der Waals surface area contributed by atoms with Crippen molar-refractivity contribution in [3.05, 3.63) is 54.3 Å². The molecule has 3 aromatic rings. The van der Waals surface area contributed by atoms with Crippen LogP contribution in [-0.2, 0) is 6.54 Å². The minimum absolute atomic E-state index is 0.0607. The SMILES string of the molecule is CC(C)c1nc(-c2ccc(N3CCN(C(=O)NCc4ccco4)CC3)cc2)no1. The number of carbonyl (C=O) groups excluding carboxylic acids is 1. The summed E-state index contributed by atoms with van der Waals surface area (Å²) in [5.41, 5.74) is 2.05. The lowest BCUT2D eigenvalue weighted by molar-refractivity contribution is 0.193. The number of furan rings is 1. The van der Waals surface area contributed by atoms with Gasteiger partial charge in [-0.25, -0.2) is 4.79 Å². The predicted molar refractivity (Wildman–Crippen MR) is 109 cm³/mol. The zero-order valence-electron chi connectivity index (χ0n) is 16.7. The first-order valence-corrected chi connectivity index (χ1v) is 9.84. The average molecular weight is 395 g/mol. The van der Waals surface area contributed by atoms with Gasteiger partial charge in [-0.1, -0.05) is 19.0 Å². The summed E-state index contributed by atoms with van der Waals surface area (Å²) in [5, 5.41) is 6.95. The summed E-state index contributed by atoms with van der Waals surface area (Å²) in [5.74, 6) is 2.21. The highest BCUT2D eigenvalue weighted by Gasteiger charge is 2.21. The van der Waals surface area contributed by atoms with Crippen LogP contribution in [0.2, 0.25) is 0 Å². The minimum atomic E-state index is -0.0607. The molecule has 0 atom stereocenters. The fourth-order valence-corrected chi connectivity index (χ4v) is 3.26. The van der Waals surface area contributed by atoms with Crippen LogP contribution < -0.4 is 10.2 Å². The van der Waals surface area contributed by atoms with Gasteiger partial charge in [-0.05, 0) is 36.4 Å². The molecule has 0 saturated carbocycles. The predicted octanol–water partition coefficient (Wildman–Crippen LogP) is 3.48. The molecule has 8 heteroatoms. The molecule has 1 aliphatic heterocycles. The number of urea groups is 1. The molecule has 4 rings (SSSR count). The van der Waals surface area contributed by atoms with Crippen molar-refractivity contribution in [1.29, 1.82) is 0 Å². The highest BCUT2D eigenvalue weighted by molar-refractivity contribution is 5.74. The fourth-order valence-electron chi connectivity index (χ4n) is 3.26. The number of rotatable bonds is 5. The van der Waals surface area contributed by atoms with Crippen LogP contribution in [0.5, 0.6) is 0 Å². The number of anilines is 1. The van der Waals surface area contributed by atoms with Crippen LogP contribution in [0.15, 0.2) is 51.6 Å². The Labute approximate surface area is 169 Å². The average Bonchev–Trinajstić information content (AvgIpc) is 3.44. The van der Waals surface area contributed by atoms with E-state index in [-0.39, 0.29) is 11.9 Å². The van der Waals surface area contributed by atoms with Crippen molar-refractivity contribution < 1.29 is 13.7 Å². The largest absolute Gasteiger partial charge is 0.467 e. The second kappa shape index (κ2) is 8.38. The molecule has 29 heavy (non-hydrogen) atoms. The third-order valence-electron chi connectivity index (χ3n) is 4.99. The Morgan fingerprint density at radius 2 is 1.90 bits per heavy atom. The quantitative estimate of drug-likeness (QED) is 0.712. The summed E-state index contributed by atoms with van der Waals surface area (Å²) in [6.45, 7) is 7.37. The zero-order chi connectivity index (χ0) is 20.2. The number of nitrogens with one attached hydrogen (secondary N) is 1. The van der Waals surface area contributed by atoms with Crippen molar-refractivity contribution >= 4 is 11.7 Å². The number of amides is 2. The monoisotopic (exact) mass is 395 g/mol. The highest BCUT2D eigenvalue weighted by atomic mass is 16.5. The lowest BCUT2D eigenvalue weighted by atomic mass is 10.1. The number of piperazine rings is 1. The van der Waals surface area contributed by atoms with E-state index in [0.29, 0.717) is 31.3 Å². The Kier molecular flexibility index (Phi) is 5.50. The van der Waals surface area contributed by atoms with Crippen molar-refractivity contribution in [2.75, 3.05) is 31.1 Å². The van der Waals surface area contributed by atoms with Gasteiger partial charge in [-0.3, -0.25) is 0 Å². The molecule has 2 aromatic heterocycles. The number of hydrogen-bond donors (Lipinski definition) is 1. The Balaban J connectivity index is 1.30. The first kappa shape index (κ1) is 19.0. The molecule has 1 N–H and O–H groups in total. The van der Waals surface area contributed by atoms with Crippen LogP contribution in [0.1, 0.15) is 31.4 Å². The van der Waals surface area contributed by atoms with Gasteiger partial charge >= 0.3 is 6.03 Å². The van der Waals surface area contributed by atoms with Crippen molar-refractivity contribution in [1.82, 2.24) is 20.4 Å². The van der Waals surface area contributed by atoms with Gasteiger partial charge in [0.25, 0.3) is 0 Å². The van der Waals surface area contributed by atoms with Gasteiger partial charge in [-0.2, -0.15) is 4.98 Å². The van der Waals surface area contributed by atoms with Crippen molar-refractivity contribution in [2.24, 2.45) is 0 Å². The van der Waals surface area contributed by atoms with E-state index in [1.54, 1.807) is 6.26 Å². The van der Waals surface area contributed by atoms with Crippen LogP contribution in [-0.4, -0.2) is 47.3 Å². The number of benzene rings is 1. The Morgan fingerprint density at radius 3 is 2.52 bits per heavy atom. The molecular weight excluding hydrogens is 370 g/mol. The summed E-state index contributed by atoms with van der Waals surface area (Å²) in [6.07, 6.45) is 1.60. The summed E-state index contributed by atoms with van der Waals surface area (Å²) in [6, 6.07) is 11.7. The number of aromatic nitrogens is 2. The molecule has 1 fully saturated rings. The Bertz CT molecular complexity index is 926.